The van der Waals surface area contributed by atoms with Gasteiger partial charge in [0.05, 0.1) is 10.6 Å². The topological polar surface area (TPSA) is 84.2 Å². The molecule has 0 fully saturated rings. The van der Waals surface area contributed by atoms with E-state index in [0.717, 1.165) is 0 Å². The first-order valence-electron chi connectivity index (χ1n) is 6.01. The molecule has 0 aromatic heterocycles. The van der Waals surface area contributed by atoms with E-state index in [4.69, 9.17) is 17.3 Å². The summed E-state index contributed by atoms with van der Waals surface area (Å²) < 4.78 is 0. The van der Waals surface area contributed by atoms with Crippen molar-refractivity contribution >= 4 is 29.1 Å². The highest BCUT2D eigenvalue weighted by atomic mass is 35.5. The Morgan fingerprint density at radius 2 is 2.11 bits per heavy atom. The summed E-state index contributed by atoms with van der Waals surface area (Å²) in [6, 6.07) is 4.75. The maximum atomic E-state index is 11.6. The third kappa shape index (κ3) is 4.89. The second kappa shape index (κ2) is 7.11. The number of halogens is 1. The standard InChI is InChI=1S/C13H18ClN3O2/c1-8(15)3-6-12(18)17-9-4-5-10(11(14)7-9)13(19)16-2/h4-5,7-8H,3,6,15H2,1-2H3,(H,16,19)(H,17,18). The smallest absolute Gasteiger partial charge is 0.252 e. The van der Waals surface area contributed by atoms with Crippen LogP contribution in [-0.4, -0.2) is 24.9 Å². The molecule has 5 nitrogen and oxygen atoms in total. The number of amides is 2. The van der Waals surface area contributed by atoms with E-state index >= 15 is 0 Å². The fraction of sp³-hybridized carbons (Fsp3) is 0.385. The first-order chi connectivity index (χ1) is 8.93. The molecule has 6 heteroatoms. The summed E-state index contributed by atoms with van der Waals surface area (Å²) in [5, 5.41) is 5.50. The van der Waals surface area contributed by atoms with Crippen molar-refractivity contribution < 1.29 is 9.59 Å². The van der Waals surface area contributed by atoms with Gasteiger partial charge in [-0.25, -0.2) is 0 Å². The van der Waals surface area contributed by atoms with Crippen molar-refractivity contribution in [3.63, 3.8) is 0 Å². The van der Waals surface area contributed by atoms with Gasteiger partial charge in [-0.3, -0.25) is 9.59 Å². The van der Waals surface area contributed by atoms with Crippen molar-refractivity contribution in [2.75, 3.05) is 12.4 Å². The molecule has 0 spiro atoms. The molecule has 0 bridgehead atoms. The summed E-state index contributed by atoms with van der Waals surface area (Å²) in [4.78, 5) is 23.1. The Bertz CT molecular complexity index is 475. The minimum atomic E-state index is -0.264. The van der Waals surface area contributed by atoms with Crippen LogP contribution in [-0.2, 0) is 4.79 Å². The van der Waals surface area contributed by atoms with E-state index in [0.29, 0.717) is 29.1 Å². The molecular weight excluding hydrogens is 266 g/mol. The van der Waals surface area contributed by atoms with Gasteiger partial charge in [-0.15, -0.1) is 0 Å². The Morgan fingerprint density at radius 1 is 1.42 bits per heavy atom. The minimum Gasteiger partial charge on any atom is -0.355 e. The lowest BCUT2D eigenvalue weighted by Crippen LogP contribution is -2.20. The van der Waals surface area contributed by atoms with Gasteiger partial charge in [0.15, 0.2) is 0 Å². The average molecular weight is 284 g/mol. The van der Waals surface area contributed by atoms with E-state index in [9.17, 15) is 9.59 Å². The number of nitrogens with one attached hydrogen (secondary N) is 2. The fourth-order valence-corrected chi connectivity index (χ4v) is 1.76. The Labute approximate surface area is 117 Å². The first-order valence-corrected chi connectivity index (χ1v) is 6.39. The molecule has 2 amide bonds. The van der Waals surface area contributed by atoms with E-state index in [1.807, 2.05) is 6.92 Å². The van der Waals surface area contributed by atoms with E-state index in [1.165, 1.54) is 7.05 Å². The van der Waals surface area contributed by atoms with Crippen LogP contribution in [0.4, 0.5) is 5.69 Å². The lowest BCUT2D eigenvalue weighted by Gasteiger charge is -2.09. The molecule has 1 aromatic rings. The molecule has 4 N–H and O–H groups in total. The van der Waals surface area contributed by atoms with Crippen molar-refractivity contribution in [1.29, 1.82) is 0 Å². The van der Waals surface area contributed by atoms with Gasteiger partial charge in [0.25, 0.3) is 5.91 Å². The van der Waals surface area contributed by atoms with Gasteiger partial charge in [0, 0.05) is 25.2 Å². The summed E-state index contributed by atoms with van der Waals surface area (Å²) in [7, 11) is 1.53. The molecule has 0 heterocycles. The lowest BCUT2D eigenvalue weighted by molar-refractivity contribution is -0.116. The molecule has 1 aromatic carbocycles. The maximum Gasteiger partial charge on any atom is 0.252 e. The van der Waals surface area contributed by atoms with Crippen LogP contribution >= 0.6 is 11.6 Å². The van der Waals surface area contributed by atoms with E-state index in [1.54, 1.807) is 18.2 Å². The monoisotopic (exact) mass is 283 g/mol. The van der Waals surface area contributed by atoms with Crippen molar-refractivity contribution in [3.8, 4) is 0 Å². The third-order valence-corrected chi connectivity index (χ3v) is 2.86. The minimum absolute atomic E-state index is 0.00929. The van der Waals surface area contributed by atoms with Crippen molar-refractivity contribution in [3.05, 3.63) is 28.8 Å². The van der Waals surface area contributed by atoms with Crippen LogP contribution < -0.4 is 16.4 Å². The second-order valence-electron chi connectivity index (χ2n) is 4.34. The fourth-order valence-electron chi connectivity index (χ4n) is 1.49. The van der Waals surface area contributed by atoms with Gasteiger partial charge in [-0.1, -0.05) is 11.6 Å². The van der Waals surface area contributed by atoms with Crippen LogP contribution in [0.1, 0.15) is 30.1 Å². The van der Waals surface area contributed by atoms with Gasteiger partial charge in [-0.05, 0) is 31.5 Å². The highest BCUT2D eigenvalue weighted by Gasteiger charge is 2.10. The van der Waals surface area contributed by atoms with E-state index < -0.39 is 0 Å². The van der Waals surface area contributed by atoms with Crippen LogP contribution in [0.3, 0.4) is 0 Å². The number of anilines is 1. The Morgan fingerprint density at radius 3 is 2.63 bits per heavy atom. The molecule has 1 rings (SSSR count). The van der Waals surface area contributed by atoms with Crippen LogP contribution in [0.15, 0.2) is 18.2 Å². The Kier molecular flexibility index (Phi) is 5.79. The zero-order chi connectivity index (χ0) is 14.4. The predicted molar refractivity (Wildman–Crippen MR) is 76.4 cm³/mol. The third-order valence-electron chi connectivity index (χ3n) is 2.55. The van der Waals surface area contributed by atoms with Gasteiger partial charge >= 0.3 is 0 Å². The number of hydrogen-bond donors (Lipinski definition) is 3. The van der Waals surface area contributed by atoms with Gasteiger partial charge in [-0.2, -0.15) is 0 Å². The molecule has 0 saturated carbocycles. The molecule has 1 atom stereocenters. The predicted octanol–water partition coefficient (Wildman–Crippen LogP) is 1.77. The van der Waals surface area contributed by atoms with E-state index in [-0.39, 0.29) is 17.9 Å². The number of carbonyl (C=O) groups is 2. The molecule has 0 saturated heterocycles. The molecule has 0 radical (unpaired) electrons. The van der Waals surface area contributed by atoms with Crippen LogP contribution in [0.2, 0.25) is 5.02 Å². The van der Waals surface area contributed by atoms with E-state index in [2.05, 4.69) is 10.6 Å². The number of nitrogens with two attached hydrogens (primary N) is 1. The van der Waals surface area contributed by atoms with Gasteiger partial charge in [0.1, 0.15) is 0 Å². The zero-order valence-corrected chi connectivity index (χ0v) is 11.8. The number of rotatable bonds is 5. The lowest BCUT2D eigenvalue weighted by atomic mass is 10.1. The van der Waals surface area contributed by atoms with Crippen molar-refractivity contribution in [2.24, 2.45) is 5.73 Å². The maximum absolute atomic E-state index is 11.6. The van der Waals surface area contributed by atoms with Crippen molar-refractivity contribution in [2.45, 2.75) is 25.8 Å². The summed E-state index contributed by atoms with van der Waals surface area (Å²) in [6.45, 7) is 1.85. The number of carbonyl (C=O) groups excluding carboxylic acids is 2. The van der Waals surface area contributed by atoms with Crippen molar-refractivity contribution in [1.82, 2.24) is 5.32 Å². The van der Waals surface area contributed by atoms with Crippen LogP contribution in [0, 0.1) is 0 Å². The SMILES string of the molecule is CNC(=O)c1ccc(NC(=O)CCC(C)N)cc1Cl. The van der Waals surface area contributed by atoms with Crippen LogP contribution in [0.25, 0.3) is 0 Å². The summed E-state index contributed by atoms with van der Waals surface area (Å²) in [5.74, 6) is -0.388. The number of benzene rings is 1. The molecule has 104 valence electrons. The molecule has 1 unspecified atom stereocenters. The first kappa shape index (κ1) is 15.5. The molecule has 0 aliphatic rings. The average Bonchev–Trinajstić information content (AvgIpc) is 2.35. The quantitative estimate of drug-likeness (QED) is 0.770. The van der Waals surface area contributed by atoms with Gasteiger partial charge in [0.2, 0.25) is 5.91 Å². The second-order valence-corrected chi connectivity index (χ2v) is 4.75. The van der Waals surface area contributed by atoms with Crippen LogP contribution in [0.5, 0.6) is 0 Å². The summed E-state index contributed by atoms with van der Waals surface area (Å²) >= 11 is 5.98. The number of hydrogen-bond acceptors (Lipinski definition) is 3. The molecule has 0 aliphatic heterocycles. The molecular formula is C13H18ClN3O2. The Balaban J connectivity index is 2.68. The molecule has 19 heavy (non-hydrogen) atoms. The summed E-state index contributed by atoms with van der Waals surface area (Å²) in [6.07, 6.45) is 0.975. The normalized spacial score (nSPS) is 11.8. The Hall–Kier alpha value is -1.59. The van der Waals surface area contributed by atoms with Gasteiger partial charge < -0.3 is 16.4 Å². The molecule has 0 aliphatic carbocycles. The largest absolute Gasteiger partial charge is 0.355 e. The zero-order valence-electron chi connectivity index (χ0n) is 11.0. The highest BCUT2D eigenvalue weighted by Crippen LogP contribution is 2.21. The summed E-state index contributed by atoms with van der Waals surface area (Å²) in [5.41, 5.74) is 6.52. The highest BCUT2D eigenvalue weighted by molar-refractivity contribution is 6.34.